The van der Waals surface area contributed by atoms with E-state index in [1.54, 1.807) is 6.92 Å². The van der Waals surface area contributed by atoms with E-state index in [4.69, 9.17) is 0 Å². The van der Waals surface area contributed by atoms with Crippen LogP contribution >= 0.6 is 0 Å². The third-order valence-corrected chi connectivity index (χ3v) is 1.93. The molecule has 0 fully saturated rings. The van der Waals surface area contributed by atoms with Crippen molar-refractivity contribution in [2.24, 2.45) is 0 Å². The number of hydrogen-bond donors (Lipinski definition) is 2. The maximum atomic E-state index is 11.4. The van der Waals surface area contributed by atoms with Crippen molar-refractivity contribution in [3.05, 3.63) is 0 Å². The molecule has 0 spiro atoms. The molecule has 3 nitrogen and oxygen atoms in total. The summed E-state index contributed by atoms with van der Waals surface area (Å²) in [7, 11) is 0. The molecule has 13 heavy (non-hydrogen) atoms. The van der Waals surface area contributed by atoms with Crippen molar-refractivity contribution in [3.8, 4) is 0 Å². The van der Waals surface area contributed by atoms with Gasteiger partial charge in [0.15, 0.2) is 0 Å². The summed E-state index contributed by atoms with van der Waals surface area (Å²) in [4.78, 5) is 11.4. The van der Waals surface area contributed by atoms with Crippen molar-refractivity contribution in [2.75, 3.05) is 0 Å². The molecule has 0 radical (unpaired) electrons. The topological polar surface area (TPSA) is 49.3 Å². The van der Waals surface area contributed by atoms with Crippen molar-refractivity contribution in [2.45, 2.75) is 58.6 Å². The highest BCUT2D eigenvalue weighted by Crippen LogP contribution is 2.13. The Balaban J connectivity index is 4.03. The smallest absolute Gasteiger partial charge is 0.251 e. The second-order valence-corrected chi connectivity index (χ2v) is 4.01. The van der Waals surface area contributed by atoms with Gasteiger partial charge in [-0.15, -0.1) is 0 Å². The zero-order chi connectivity index (χ0) is 10.5. The van der Waals surface area contributed by atoms with Crippen LogP contribution in [0.15, 0.2) is 0 Å². The summed E-state index contributed by atoms with van der Waals surface area (Å²) in [6.07, 6.45) is 2.39. The summed E-state index contributed by atoms with van der Waals surface area (Å²) in [5, 5.41) is 12.5. The largest absolute Gasteiger partial charge is 0.380 e. The molecule has 0 aromatic heterocycles. The van der Waals surface area contributed by atoms with Crippen LogP contribution in [-0.4, -0.2) is 22.7 Å². The first kappa shape index (κ1) is 12.4. The molecular weight excluding hydrogens is 166 g/mol. The molecule has 0 aromatic rings. The zero-order valence-electron chi connectivity index (χ0n) is 9.05. The Morgan fingerprint density at radius 1 is 1.54 bits per heavy atom. The number of carbonyl (C=O) groups excluding carboxylic acids is 1. The summed E-state index contributed by atoms with van der Waals surface area (Å²) in [5.74, 6) is -0.268. The summed E-state index contributed by atoms with van der Waals surface area (Å²) < 4.78 is 0. The number of amides is 1. The molecule has 1 unspecified atom stereocenters. The molecule has 0 rings (SSSR count). The molecule has 0 aromatic carbocycles. The normalized spacial score (nSPS) is 15.5. The highest BCUT2D eigenvalue weighted by atomic mass is 16.3. The molecule has 3 heteroatoms. The van der Waals surface area contributed by atoms with Crippen molar-refractivity contribution >= 4 is 5.91 Å². The highest BCUT2D eigenvalue weighted by molar-refractivity contribution is 5.84. The maximum absolute atomic E-state index is 11.4. The molecule has 0 bridgehead atoms. The van der Waals surface area contributed by atoms with E-state index in [2.05, 4.69) is 5.32 Å². The first-order valence-electron chi connectivity index (χ1n) is 4.93. The van der Waals surface area contributed by atoms with Crippen LogP contribution in [0.3, 0.4) is 0 Å². The zero-order valence-corrected chi connectivity index (χ0v) is 9.05. The van der Waals surface area contributed by atoms with Crippen LogP contribution in [0.5, 0.6) is 0 Å². The Bertz CT molecular complexity index is 164. The van der Waals surface area contributed by atoms with Gasteiger partial charge in [0.1, 0.15) is 5.60 Å². The number of carbonyl (C=O) groups is 1. The Kier molecular flexibility index (Phi) is 4.99. The van der Waals surface area contributed by atoms with Gasteiger partial charge in [-0.25, -0.2) is 0 Å². The predicted molar refractivity (Wildman–Crippen MR) is 53.4 cm³/mol. The fourth-order valence-corrected chi connectivity index (χ4v) is 1.05. The SMILES string of the molecule is CCCCC(C)(O)C(=O)NC(C)C. The summed E-state index contributed by atoms with van der Waals surface area (Å²) >= 11 is 0. The van der Waals surface area contributed by atoms with Gasteiger partial charge in [-0.2, -0.15) is 0 Å². The van der Waals surface area contributed by atoms with E-state index in [9.17, 15) is 9.90 Å². The fraction of sp³-hybridized carbons (Fsp3) is 0.900. The van der Waals surface area contributed by atoms with Gasteiger partial charge >= 0.3 is 0 Å². The number of rotatable bonds is 5. The third-order valence-electron chi connectivity index (χ3n) is 1.93. The van der Waals surface area contributed by atoms with Crippen LogP contribution in [0.25, 0.3) is 0 Å². The van der Waals surface area contributed by atoms with Crippen LogP contribution in [-0.2, 0) is 4.79 Å². The Labute approximate surface area is 80.5 Å². The lowest BCUT2D eigenvalue weighted by Crippen LogP contribution is -2.46. The van der Waals surface area contributed by atoms with Crippen molar-refractivity contribution < 1.29 is 9.90 Å². The molecule has 0 saturated heterocycles. The molecule has 1 atom stereocenters. The highest BCUT2D eigenvalue weighted by Gasteiger charge is 2.29. The van der Waals surface area contributed by atoms with E-state index in [0.717, 1.165) is 12.8 Å². The van der Waals surface area contributed by atoms with E-state index < -0.39 is 5.60 Å². The van der Waals surface area contributed by atoms with Crippen LogP contribution in [0.2, 0.25) is 0 Å². The molecule has 2 N–H and O–H groups in total. The Hall–Kier alpha value is -0.570. The fourth-order valence-electron chi connectivity index (χ4n) is 1.05. The predicted octanol–water partition coefficient (Wildman–Crippen LogP) is 1.45. The van der Waals surface area contributed by atoms with E-state index in [-0.39, 0.29) is 11.9 Å². The Morgan fingerprint density at radius 3 is 2.46 bits per heavy atom. The van der Waals surface area contributed by atoms with Crippen LogP contribution in [0.4, 0.5) is 0 Å². The van der Waals surface area contributed by atoms with E-state index >= 15 is 0 Å². The average molecular weight is 187 g/mol. The van der Waals surface area contributed by atoms with Gasteiger partial charge in [-0.1, -0.05) is 19.8 Å². The van der Waals surface area contributed by atoms with Crippen LogP contribution in [0.1, 0.15) is 47.0 Å². The second-order valence-electron chi connectivity index (χ2n) is 4.01. The lowest BCUT2D eigenvalue weighted by Gasteiger charge is -2.23. The minimum atomic E-state index is -1.21. The molecule has 1 amide bonds. The third kappa shape index (κ3) is 4.88. The molecule has 78 valence electrons. The number of hydrogen-bond acceptors (Lipinski definition) is 2. The molecule has 0 aliphatic rings. The van der Waals surface area contributed by atoms with E-state index in [1.807, 2.05) is 20.8 Å². The van der Waals surface area contributed by atoms with Crippen LogP contribution < -0.4 is 5.32 Å². The number of unbranched alkanes of at least 4 members (excludes halogenated alkanes) is 1. The van der Waals surface area contributed by atoms with Gasteiger partial charge in [0, 0.05) is 6.04 Å². The van der Waals surface area contributed by atoms with Crippen molar-refractivity contribution in [3.63, 3.8) is 0 Å². The number of aliphatic hydroxyl groups is 1. The number of nitrogens with one attached hydrogen (secondary N) is 1. The minimum absolute atomic E-state index is 0.0839. The average Bonchev–Trinajstić information content (AvgIpc) is 1.99. The second kappa shape index (κ2) is 5.22. The van der Waals surface area contributed by atoms with Gasteiger partial charge in [-0.05, 0) is 27.2 Å². The molecule has 0 heterocycles. The molecule has 0 aliphatic carbocycles. The van der Waals surface area contributed by atoms with Crippen molar-refractivity contribution in [1.29, 1.82) is 0 Å². The molecular formula is C10H21NO2. The van der Waals surface area contributed by atoms with Gasteiger partial charge in [-0.3, -0.25) is 4.79 Å². The van der Waals surface area contributed by atoms with Gasteiger partial charge in [0.2, 0.25) is 0 Å². The first-order chi connectivity index (χ1) is 5.90. The van der Waals surface area contributed by atoms with Crippen LogP contribution in [0, 0.1) is 0 Å². The van der Waals surface area contributed by atoms with E-state index in [1.165, 1.54) is 0 Å². The van der Waals surface area contributed by atoms with Crippen molar-refractivity contribution in [1.82, 2.24) is 5.32 Å². The summed E-state index contributed by atoms with van der Waals surface area (Å²) in [5.41, 5.74) is -1.21. The Morgan fingerprint density at radius 2 is 2.08 bits per heavy atom. The first-order valence-corrected chi connectivity index (χ1v) is 4.93. The minimum Gasteiger partial charge on any atom is -0.380 e. The lowest BCUT2D eigenvalue weighted by atomic mass is 9.98. The van der Waals surface area contributed by atoms with Gasteiger partial charge in [0.05, 0.1) is 0 Å². The maximum Gasteiger partial charge on any atom is 0.251 e. The lowest BCUT2D eigenvalue weighted by molar-refractivity contribution is -0.139. The van der Waals surface area contributed by atoms with Gasteiger partial charge in [0.25, 0.3) is 5.91 Å². The van der Waals surface area contributed by atoms with E-state index in [0.29, 0.717) is 6.42 Å². The van der Waals surface area contributed by atoms with Gasteiger partial charge < -0.3 is 10.4 Å². The summed E-state index contributed by atoms with van der Waals surface area (Å²) in [6, 6.07) is 0.0839. The molecule has 0 aliphatic heterocycles. The quantitative estimate of drug-likeness (QED) is 0.684. The monoisotopic (exact) mass is 187 g/mol. The standard InChI is InChI=1S/C10H21NO2/c1-5-6-7-10(4,13)9(12)11-8(2)3/h8,13H,5-7H2,1-4H3,(H,11,12). The molecule has 0 saturated carbocycles. The summed E-state index contributed by atoms with van der Waals surface area (Å²) in [6.45, 7) is 7.37.